The number of nitrogens with zero attached hydrogens (tertiary/aromatic N) is 4. The maximum atomic E-state index is 12.0. The van der Waals surface area contributed by atoms with E-state index >= 15 is 0 Å². The molecule has 2 aromatic rings. The zero-order valence-electron chi connectivity index (χ0n) is 15.7. The summed E-state index contributed by atoms with van der Waals surface area (Å²) in [6.45, 7) is 12.0. The fourth-order valence-corrected chi connectivity index (χ4v) is 4.27. The molecule has 1 fully saturated rings. The molecule has 5 heteroatoms. The molecule has 0 N–H and O–H groups in total. The van der Waals surface area contributed by atoms with Crippen LogP contribution in [0.15, 0.2) is 18.7 Å². The number of benzene rings is 1. The van der Waals surface area contributed by atoms with Crippen LogP contribution in [0.1, 0.15) is 52.4 Å². The first-order valence-corrected chi connectivity index (χ1v) is 9.11. The molecular formula is C20H28N4O. The van der Waals surface area contributed by atoms with Gasteiger partial charge in [-0.1, -0.05) is 6.07 Å². The van der Waals surface area contributed by atoms with Gasteiger partial charge >= 0.3 is 0 Å². The summed E-state index contributed by atoms with van der Waals surface area (Å²) in [5.74, 6) is 0.771. The summed E-state index contributed by atoms with van der Waals surface area (Å²) < 4.78 is 1.93. The predicted octanol–water partition coefficient (Wildman–Crippen LogP) is 3.32. The van der Waals surface area contributed by atoms with Crippen molar-refractivity contribution in [3.63, 3.8) is 0 Å². The molecule has 0 unspecified atom stereocenters. The second kappa shape index (κ2) is 7.48. The van der Waals surface area contributed by atoms with Gasteiger partial charge in [0.05, 0.1) is 0 Å². The van der Waals surface area contributed by atoms with E-state index < -0.39 is 0 Å². The van der Waals surface area contributed by atoms with E-state index in [1.54, 1.807) is 19.6 Å². The molecule has 0 aliphatic carbocycles. The lowest BCUT2D eigenvalue weighted by Crippen LogP contribution is -2.37. The molecule has 1 saturated heterocycles. The number of carbonyl (C=O) groups excluding carboxylic acids is 1. The van der Waals surface area contributed by atoms with Crippen LogP contribution in [0, 0.1) is 26.7 Å². The highest BCUT2D eigenvalue weighted by Crippen LogP contribution is 2.26. The van der Waals surface area contributed by atoms with Crippen molar-refractivity contribution in [2.24, 2.45) is 5.92 Å². The van der Waals surface area contributed by atoms with Gasteiger partial charge < -0.3 is 0 Å². The van der Waals surface area contributed by atoms with E-state index in [2.05, 4.69) is 34.9 Å². The first kappa shape index (κ1) is 17.8. The minimum atomic E-state index is 0.166. The van der Waals surface area contributed by atoms with Gasteiger partial charge in [0.15, 0.2) is 5.78 Å². The van der Waals surface area contributed by atoms with Crippen LogP contribution in [0.3, 0.4) is 0 Å². The normalized spacial score (nSPS) is 18.5. The van der Waals surface area contributed by atoms with Crippen LogP contribution in [-0.2, 0) is 13.1 Å². The Morgan fingerprint density at radius 1 is 1.28 bits per heavy atom. The minimum absolute atomic E-state index is 0.166. The van der Waals surface area contributed by atoms with E-state index in [0.29, 0.717) is 5.92 Å². The molecule has 0 amide bonds. The highest BCUT2D eigenvalue weighted by Gasteiger charge is 2.23. The molecule has 134 valence electrons. The standard InChI is InChI=1S/C20H28N4O/c1-14-8-15(2)20(17(4)25)16(3)19(14)11-23-7-5-6-18(9-23)10-24-13-21-12-22-24/h8,12-13,18H,5-7,9-11H2,1-4H3/t18-/m1/s1. The predicted molar refractivity (Wildman–Crippen MR) is 98.7 cm³/mol. The van der Waals surface area contributed by atoms with Crippen LogP contribution >= 0.6 is 0 Å². The lowest BCUT2D eigenvalue weighted by atomic mass is 9.90. The Bertz CT molecular complexity index is 752. The highest BCUT2D eigenvalue weighted by atomic mass is 16.1. The molecule has 1 aliphatic heterocycles. The fourth-order valence-electron chi connectivity index (χ4n) is 4.27. The second-order valence-electron chi connectivity index (χ2n) is 7.41. The molecule has 2 heterocycles. The van der Waals surface area contributed by atoms with Crippen LogP contribution in [-0.4, -0.2) is 38.5 Å². The third-order valence-electron chi connectivity index (χ3n) is 5.38. The van der Waals surface area contributed by atoms with Crippen molar-refractivity contribution in [3.8, 4) is 0 Å². The Morgan fingerprint density at radius 3 is 2.76 bits per heavy atom. The Morgan fingerprint density at radius 2 is 2.08 bits per heavy atom. The molecule has 25 heavy (non-hydrogen) atoms. The summed E-state index contributed by atoms with van der Waals surface area (Å²) in [5, 5.41) is 4.24. The Hall–Kier alpha value is -2.01. The number of ketones is 1. The van der Waals surface area contributed by atoms with Gasteiger partial charge in [-0.05, 0) is 75.3 Å². The molecule has 1 aliphatic rings. The van der Waals surface area contributed by atoms with E-state index in [-0.39, 0.29) is 5.78 Å². The summed E-state index contributed by atoms with van der Waals surface area (Å²) in [4.78, 5) is 18.6. The Kier molecular flexibility index (Phi) is 5.33. The highest BCUT2D eigenvalue weighted by molar-refractivity contribution is 5.97. The molecule has 1 aromatic carbocycles. The Labute approximate surface area is 150 Å². The van der Waals surface area contributed by atoms with Crippen molar-refractivity contribution in [2.45, 2.75) is 53.6 Å². The largest absolute Gasteiger partial charge is 0.299 e. The van der Waals surface area contributed by atoms with Gasteiger partial charge in [-0.25, -0.2) is 4.98 Å². The van der Waals surface area contributed by atoms with Gasteiger partial charge in [0.1, 0.15) is 12.7 Å². The van der Waals surface area contributed by atoms with Crippen molar-refractivity contribution in [1.29, 1.82) is 0 Å². The average Bonchev–Trinajstić information content (AvgIpc) is 3.04. The topological polar surface area (TPSA) is 51.0 Å². The lowest BCUT2D eigenvalue weighted by molar-refractivity contribution is 0.101. The fraction of sp³-hybridized carbons (Fsp3) is 0.550. The number of aromatic nitrogens is 3. The SMILES string of the molecule is CC(=O)c1c(C)cc(C)c(CN2CCC[C@@H](Cn3cncn3)C2)c1C. The van der Waals surface area contributed by atoms with Gasteiger partial charge in [-0.3, -0.25) is 14.4 Å². The number of aryl methyl sites for hydroxylation is 2. The van der Waals surface area contributed by atoms with E-state index in [0.717, 1.165) is 42.9 Å². The van der Waals surface area contributed by atoms with Gasteiger partial charge in [0, 0.05) is 25.2 Å². The van der Waals surface area contributed by atoms with Gasteiger partial charge in [0.25, 0.3) is 0 Å². The zero-order chi connectivity index (χ0) is 18.0. The molecule has 0 saturated carbocycles. The first-order chi connectivity index (χ1) is 12.0. The summed E-state index contributed by atoms with van der Waals surface area (Å²) in [6, 6.07) is 2.16. The number of carbonyl (C=O) groups is 1. The molecule has 1 aromatic heterocycles. The van der Waals surface area contributed by atoms with Gasteiger partial charge in [-0.2, -0.15) is 5.10 Å². The molecule has 0 radical (unpaired) electrons. The van der Waals surface area contributed by atoms with Crippen LogP contribution in [0.4, 0.5) is 0 Å². The van der Waals surface area contributed by atoms with Crippen LogP contribution in [0.5, 0.6) is 0 Å². The first-order valence-electron chi connectivity index (χ1n) is 9.11. The summed E-state index contributed by atoms with van der Waals surface area (Å²) in [6.07, 6.45) is 5.85. The Balaban J connectivity index is 1.75. The number of hydrogen-bond donors (Lipinski definition) is 0. The maximum absolute atomic E-state index is 12.0. The van der Waals surface area contributed by atoms with Crippen LogP contribution in [0.2, 0.25) is 0 Å². The maximum Gasteiger partial charge on any atom is 0.160 e. The number of Topliss-reactive ketones (excluding diaryl/α,β-unsaturated/α-hetero) is 1. The zero-order valence-corrected chi connectivity index (χ0v) is 15.7. The summed E-state index contributed by atoms with van der Waals surface area (Å²) in [7, 11) is 0. The smallest absolute Gasteiger partial charge is 0.160 e. The number of likely N-dealkylation sites (tertiary alicyclic amines) is 1. The van der Waals surface area contributed by atoms with Crippen LogP contribution in [0.25, 0.3) is 0 Å². The summed E-state index contributed by atoms with van der Waals surface area (Å²) in [5.41, 5.74) is 5.75. The average molecular weight is 340 g/mol. The second-order valence-corrected chi connectivity index (χ2v) is 7.41. The third kappa shape index (κ3) is 3.98. The van der Waals surface area contributed by atoms with Gasteiger partial charge in [0.2, 0.25) is 0 Å². The van der Waals surface area contributed by atoms with E-state index in [4.69, 9.17) is 0 Å². The quantitative estimate of drug-likeness (QED) is 0.784. The molecule has 0 bridgehead atoms. The molecule has 5 nitrogen and oxygen atoms in total. The monoisotopic (exact) mass is 340 g/mol. The molecule has 0 spiro atoms. The number of hydrogen-bond acceptors (Lipinski definition) is 4. The lowest BCUT2D eigenvalue weighted by Gasteiger charge is -2.33. The van der Waals surface area contributed by atoms with E-state index in [1.165, 1.54) is 24.0 Å². The van der Waals surface area contributed by atoms with E-state index in [9.17, 15) is 4.79 Å². The number of rotatable bonds is 5. The van der Waals surface area contributed by atoms with Gasteiger partial charge in [-0.15, -0.1) is 0 Å². The van der Waals surface area contributed by atoms with Crippen molar-refractivity contribution < 1.29 is 4.79 Å². The van der Waals surface area contributed by atoms with Crippen molar-refractivity contribution >= 4 is 5.78 Å². The van der Waals surface area contributed by atoms with Crippen LogP contribution < -0.4 is 0 Å². The number of piperidine rings is 1. The third-order valence-corrected chi connectivity index (χ3v) is 5.38. The summed E-state index contributed by atoms with van der Waals surface area (Å²) >= 11 is 0. The molecule has 1 atom stereocenters. The molecular weight excluding hydrogens is 312 g/mol. The van der Waals surface area contributed by atoms with Crippen molar-refractivity contribution in [2.75, 3.05) is 13.1 Å². The molecule has 3 rings (SSSR count). The van der Waals surface area contributed by atoms with E-state index in [1.807, 2.05) is 11.6 Å². The van der Waals surface area contributed by atoms with Crippen molar-refractivity contribution in [3.05, 3.63) is 46.5 Å². The van der Waals surface area contributed by atoms with Crippen molar-refractivity contribution in [1.82, 2.24) is 19.7 Å². The minimum Gasteiger partial charge on any atom is -0.299 e.